The summed E-state index contributed by atoms with van der Waals surface area (Å²) < 4.78 is 43.7. The number of sulfonamides is 1. The monoisotopic (exact) mass is 590 g/mol. The number of rotatable bonds is 14. The van der Waals surface area contributed by atoms with Crippen LogP contribution in [0.1, 0.15) is 16.9 Å². The van der Waals surface area contributed by atoms with Gasteiger partial charge in [0.15, 0.2) is 6.61 Å². The van der Waals surface area contributed by atoms with Gasteiger partial charge in [-0.2, -0.15) is 9.41 Å². The summed E-state index contributed by atoms with van der Waals surface area (Å²) in [4.78, 5) is 24.7. The first kappa shape index (κ1) is 30.0. The quantitative estimate of drug-likeness (QED) is 0.170. The largest absolute Gasteiger partial charge is 0.497 e. The van der Waals surface area contributed by atoms with Crippen molar-refractivity contribution in [3.8, 4) is 11.5 Å². The normalized spacial score (nSPS) is 11.4. The van der Waals surface area contributed by atoms with Crippen molar-refractivity contribution in [1.82, 2.24) is 15.0 Å². The molecule has 0 aliphatic rings. The highest BCUT2D eigenvalue weighted by molar-refractivity contribution is 7.89. The second-order valence-electron chi connectivity index (χ2n) is 8.94. The standard InChI is InChI=1S/C30H30N4O7S/c1-39-25-13-15-28(16-14-25)42(37,38)34(20-24-6-3-2-4-7-24)21-29(35)33-32-18-23-9-11-26(12-10-23)41-22-30(36)31-19-27-8-5-17-40-27/h2-18H,19-22H2,1H3,(H,31,36)(H,33,35)/b32-18+. The van der Waals surface area contributed by atoms with Gasteiger partial charge < -0.3 is 19.2 Å². The number of nitrogens with zero attached hydrogens (tertiary/aromatic N) is 2. The highest BCUT2D eigenvalue weighted by Crippen LogP contribution is 2.21. The second-order valence-corrected chi connectivity index (χ2v) is 10.9. The number of ether oxygens (including phenoxy) is 2. The molecule has 1 aromatic heterocycles. The van der Waals surface area contributed by atoms with Crippen LogP contribution in [0.2, 0.25) is 0 Å². The number of hydrogen-bond acceptors (Lipinski definition) is 8. The minimum atomic E-state index is -4.01. The van der Waals surface area contributed by atoms with Crippen molar-refractivity contribution in [2.45, 2.75) is 18.0 Å². The maximum absolute atomic E-state index is 13.4. The maximum atomic E-state index is 13.4. The molecule has 0 saturated heterocycles. The number of methoxy groups -OCH3 is 1. The Balaban J connectivity index is 1.32. The van der Waals surface area contributed by atoms with Gasteiger partial charge in [0.1, 0.15) is 17.3 Å². The van der Waals surface area contributed by atoms with Crippen LogP contribution in [0.4, 0.5) is 0 Å². The molecule has 0 saturated carbocycles. The van der Waals surface area contributed by atoms with Gasteiger partial charge >= 0.3 is 0 Å². The zero-order chi connectivity index (χ0) is 29.8. The average molecular weight is 591 g/mol. The first-order valence-electron chi connectivity index (χ1n) is 12.9. The van der Waals surface area contributed by atoms with E-state index in [1.54, 1.807) is 72.8 Å². The van der Waals surface area contributed by atoms with Crippen LogP contribution in [-0.4, -0.2) is 51.0 Å². The van der Waals surface area contributed by atoms with Crippen LogP contribution in [0.3, 0.4) is 0 Å². The molecule has 0 aliphatic carbocycles. The van der Waals surface area contributed by atoms with E-state index in [1.807, 2.05) is 6.07 Å². The lowest BCUT2D eigenvalue weighted by molar-refractivity contribution is -0.123. The Morgan fingerprint density at radius 2 is 1.62 bits per heavy atom. The van der Waals surface area contributed by atoms with Crippen LogP contribution in [0, 0.1) is 0 Å². The molecule has 1 heterocycles. The lowest BCUT2D eigenvalue weighted by Gasteiger charge is -2.21. The van der Waals surface area contributed by atoms with Crippen LogP contribution >= 0.6 is 0 Å². The van der Waals surface area contributed by atoms with Crippen LogP contribution in [-0.2, 0) is 32.7 Å². The Morgan fingerprint density at radius 1 is 0.905 bits per heavy atom. The fraction of sp³-hybridized carbons (Fsp3) is 0.167. The number of benzene rings is 3. The Bertz CT molecular complexity index is 1570. The van der Waals surface area contributed by atoms with Gasteiger partial charge in [0, 0.05) is 6.54 Å². The van der Waals surface area contributed by atoms with Crippen LogP contribution in [0.15, 0.2) is 112 Å². The molecule has 0 bridgehead atoms. The van der Waals surface area contributed by atoms with E-state index in [0.29, 0.717) is 22.8 Å². The summed E-state index contributed by atoms with van der Waals surface area (Å²) in [5.41, 5.74) is 3.76. The molecule has 0 aliphatic heterocycles. The topological polar surface area (TPSA) is 140 Å². The number of furan rings is 1. The summed E-state index contributed by atoms with van der Waals surface area (Å²) in [6.07, 6.45) is 2.95. The van der Waals surface area contributed by atoms with E-state index in [2.05, 4.69) is 15.8 Å². The van der Waals surface area contributed by atoms with Gasteiger partial charge in [-0.15, -0.1) is 0 Å². The smallest absolute Gasteiger partial charge is 0.258 e. The molecular weight excluding hydrogens is 560 g/mol. The SMILES string of the molecule is COc1ccc(S(=O)(=O)N(CC(=O)N/N=C/c2ccc(OCC(=O)NCc3ccco3)cc2)Cc2ccccc2)cc1. The fourth-order valence-electron chi connectivity index (χ4n) is 3.73. The third-order valence-corrected chi connectivity index (χ3v) is 7.72. The van der Waals surface area contributed by atoms with Crippen LogP contribution < -0.4 is 20.2 Å². The van der Waals surface area contributed by atoms with Crippen molar-refractivity contribution in [1.29, 1.82) is 0 Å². The molecule has 11 nitrogen and oxygen atoms in total. The fourth-order valence-corrected chi connectivity index (χ4v) is 5.12. The Labute approximate surface area is 243 Å². The molecule has 0 radical (unpaired) electrons. The van der Waals surface area contributed by atoms with Crippen molar-refractivity contribution in [2.24, 2.45) is 5.10 Å². The number of nitrogens with one attached hydrogen (secondary N) is 2. The lowest BCUT2D eigenvalue weighted by Crippen LogP contribution is -2.39. The van der Waals surface area contributed by atoms with E-state index in [0.717, 1.165) is 9.87 Å². The van der Waals surface area contributed by atoms with E-state index in [4.69, 9.17) is 13.9 Å². The maximum Gasteiger partial charge on any atom is 0.258 e. The van der Waals surface area contributed by atoms with Gasteiger partial charge in [0.05, 0.1) is 37.6 Å². The molecule has 4 rings (SSSR count). The Morgan fingerprint density at radius 3 is 2.29 bits per heavy atom. The predicted octanol–water partition coefficient (Wildman–Crippen LogP) is 3.32. The van der Waals surface area contributed by atoms with Crippen molar-refractivity contribution >= 4 is 28.1 Å². The molecule has 0 unspecified atom stereocenters. The molecule has 2 amide bonds. The highest BCUT2D eigenvalue weighted by Gasteiger charge is 2.27. The number of carbonyl (C=O) groups excluding carboxylic acids is 2. The van der Waals surface area contributed by atoms with E-state index in [9.17, 15) is 18.0 Å². The molecule has 2 N–H and O–H groups in total. The summed E-state index contributed by atoms with van der Waals surface area (Å²) in [6, 6.07) is 25.2. The van der Waals surface area contributed by atoms with E-state index >= 15 is 0 Å². The number of hydrogen-bond donors (Lipinski definition) is 2. The molecule has 218 valence electrons. The van der Waals surface area contributed by atoms with Crippen molar-refractivity contribution in [3.05, 3.63) is 114 Å². The van der Waals surface area contributed by atoms with Crippen LogP contribution in [0.5, 0.6) is 11.5 Å². The van der Waals surface area contributed by atoms with Crippen molar-refractivity contribution in [2.75, 3.05) is 20.3 Å². The van der Waals surface area contributed by atoms with Gasteiger partial charge in [-0.3, -0.25) is 9.59 Å². The molecule has 0 spiro atoms. The molecule has 3 aromatic carbocycles. The number of amides is 2. The third-order valence-electron chi connectivity index (χ3n) is 5.91. The van der Waals surface area contributed by atoms with Gasteiger partial charge in [-0.1, -0.05) is 30.3 Å². The highest BCUT2D eigenvalue weighted by atomic mass is 32.2. The first-order chi connectivity index (χ1) is 20.3. The summed E-state index contributed by atoms with van der Waals surface area (Å²) in [5.74, 6) is 0.725. The van der Waals surface area contributed by atoms with Gasteiger partial charge in [0.25, 0.3) is 11.8 Å². The lowest BCUT2D eigenvalue weighted by atomic mass is 10.2. The van der Waals surface area contributed by atoms with Gasteiger partial charge in [-0.05, 0) is 71.8 Å². The minimum absolute atomic E-state index is 0.00529. The Kier molecular flexibility index (Phi) is 10.5. The average Bonchev–Trinajstić information content (AvgIpc) is 3.54. The first-order valence-corrected chi connectivity index (χ1v) is 14.3. The van der Waals surface area contributed by atoms with Gasteiger partial charge in [-0.25, -0.2) is 13.8 Å². The van der Waals surface area contributed by atoms with E-state index in [-0.39, 0.29) is 30.5 Å². The summed E-state index contributed by atoms with van der Waals surface area (Å²) >= 11 is 0. The zero-order valence-electron chi connectivity index (χ0n) is 22.8. The van der Waals surface area contributed by atoms with Crippen LogP contribution in [0.25, 0.3) is 0 Å². The third kappa shape index (κ3) is 8.78. The van der Waals surface area contributed by atoms with E-state index in [1.165, 1.54) is 31.7 Å². The summed E-state index contributed by atoms with van der Waals surface area (Å²) in [5, 5.41) is 6.65. The number of hydrazone groups is 1. The van der Waals surface area contributed by atoms with E-state index < -0.39 is 22.5 Å². The molecular formula is C30H30N4O7S. The molecule has 0 fully saturated rings. The predicted molar refractivity (Wildman–Crippen MR) is 155 cm³/mol. The Hall–Kier alpha value is -4.94. The zero-order valence-corrected chi connectivity index (χ0v) is 23.6. The van der Waals surface area contributed by atoms with Crippen molar-refractivity contribution in [3.63, 3.8) is 0 Å². The molecule has 42 heavy (non-hydrogen) atoms. The van der Waals surface area contributed by atoms with Crippen molar-refractivity contribution < 1.29 is 31.9 Å². The summed E-state index contributed by atoms with van der Waals surface area (Å²) in [6.45, 7) is -0.346. The molecule has 0 atom stereocenters. The molecule has 4 aromatic rings. The number of carbonyl (C=O) groups is 2. The minimum Gasteiger partial charge on any atom is -0.497 e. The van der Waals surface area contributed by atoms with Gasteiger partial charge in [0.2, 0.25) is 10.0 Å². The second kappa shape index (κ2) is 14.6. The molecule has 12 heteroatoms. The summed E-state index contributed by atoms with van der Waals surface area (Å²) in [7, 11) is -2.52.